The molecule has 0 radical (unpaired) electrons. The summed E-state index contributed by atoms with van der Waals surface area (Å²) in [4.78, 5) is 3.17. The van der Waals surface area contributed by atoms with Crippen LogP contribution in [-0.2, 0) is 6.42 Å². The lowest BCUT2D eigenvalue weighted by molar-refractivity contribution is 0.605. The van der Waals surface area contributed by atoms with E-state index in [-0.39, 0.29) is 5.82 Å². The minimum Gasteiger partial charge on any atom is -0.317 e. The number of nitrogens with zero attached hydrogens (tertiary/aromatic N) is 1. The van der Waals surface area contributed by atoms with Crippen LogP contribution < -0.4 is 0 Å². The maximum atomic E-state index is 13.2. The van der Waals surface area contributed by atoms with Gasteiger partial charge >= 0.3 is 0 Å². The van der Waals surface area contributed by atoms with Gasteiger partial charge in [0.05, 0.1) is 4.47 Å². The van der Waals surface area contributed by atoms with Crippen LogP contribution in [0.1, 0.15) is 5.56 Å². The van der Waals surface area contributed by atoms with Crippen LogP contribution in [0.3, 0.4) is 0 Å². The minimum absolute atomic E-state index is 0.249. The largest absolute Gasteiger partial charge is 0.317 e. The number of benzene rings is 1. The Kier molecular flexibility index (Phi) is 3.24. The predicted molar refractivity (Wildman–Crippen MR) is 49.3 cm³/mol. The highest BCUT2D eigenvalue weighted by molar-refractivity contribution is 9.10. The second-order valence-corrected chi connectivity index (χ2v) is 3.20. The van der Waals surface area contributed by atoms with Crippen molar-refractivity contribution >= 4 is 15.9 Å². The lowest BCUT2D eigenvalue weighted by atomic mass is 10.1. The highest BCUT2D eigenvalue weighted by Crippen LogP contribution is 2.18. The fraction of sp³-hybridized carbons (Fsp3) is 0.222. The van der Waals surface area contributed by atoms with Crippen molar-refractivity contribution in [3.05, 3.63) is 45.5 Å². The van der Waals surface area contributed by atoms with E-state index in [2.05, 4.69) is 20.8 Å². The van der Waals surface area contributed by atoms with E-state index in [4.69, 9.17) is 6.57 Å². The Morgan fingerprint density at radius 3 is 2.92 bits per heavy atom. The first-order valence-electron chi connectivity index (χ1n) is 3.52. The summed E-state index contributed by atoms with van der Waals surface area (Å²) in [6.07, 6.45) is 0.481. The first-order valence-corrected chi connectivity index (χ1v) is 4.31. The summed E-state index contributed by atoms with van der Waals surface area (Å²) in [5, 5.41) is 0. The summed E-state index contributed by atoms with van der Waals surface area (Å²) in [5.74, 6) is -0.249. The van der Waals surface area contributed by atoms with Crippen LogP contribution in [0.15, 0.2) is 22.7 Å². The molecule has 0 amide bonds. The molecule has 0 aromatic heterocycles. The van der Waals surface area contributed by atoms with E-state index < -0.39 is 0 Å². The highest BCUT2D eigenvalue weighted by atomic mass is 79.9. The molecular weight excluding hydrogens is 221 g/mol. The van der Waals surface area contributed by atoms with Crippen molar-refractivity contribution in [3.63, 3.8) is 0 Å². The average molecular weight is 228 g/mol. The highest BCUT2D eigenvalue weighted by Gasteiger charge is 2.05. The van der Waals surface area contributed by atoms with Crippen LogP contribution in [0, 0.1) is 12.4 Å². The molecule has 0 aliphatic rings. The molecule has 0 aliphatic heterocycles. The lowest BCUT2D eigenvalue weighted by Gasteiger charge is -1.99. The summed E-state index contributed by atoms with van der Waals surface area (Å²) in [7, 11) is 0. The Morgan fingerprint density at radius 1 is 1.50 bits per heavy atom. The predicted octanol–water partition coefficient (Wildman–Crippen LogP) is 3.05. The molecule has 12 heavy (non-hydrogen) atoms. The van der Waals surface area contributed by atoms with Gasteiger partial charge in [-0.2, -0.15) is 0 Å². The molecule has 0 N–H and O–H groups in total. The van der Waals surface area contributed by atoms with E-state index in [0.717, 1.165) is 0 Å². The van der Waals surface area contributed by atoms with Crippen LogP contribution >= 0.6 is 15.9 Å². The van der Waals surface area contributed by atoms with Crippen molar-refractivity contribution in [1.82, 2.24) is 0 Å². The van der Waals surface area contributed by atoms with Gasteiger partial charge in [0.2, 0.25) is 6.54 Å². The van der Waals surface area contributed by atoms with Crippen LogP contribution in [0.2, 0.25) is 0 Å². The third-order valence-electron chi connectivity index (χ3n) is 1.52. The zero-order chi connectivity index (χ0) is 8.97. The summed E-state index contributed by atoms with van der Waals surface area (Å²) >= 11 is 3.09. The molecule has 1 aromatic carbocycles. The van der Waals surface area contributed by atoms with Gasteiger partial charge in [-0.1, -0.05) is 12.1 Å². The topological polar surface area (TPSA) is 4.36 Å². The molecule has 0 heterocycles. The molecule has 0 aliphatic carbocycles. The number of halogens is 2. The number of rotatable bonds is 2. The van der Waals surface area contributed by atoms with Gasteiger partial charge in [-0.25, -0.2) is 11.0 Å². The first-order chi connectivity index (χ1) is 5.75. The summed E-state index contributed by atoms with van der Waals surface area (Å²) in [6.45, 7) is 6.91. The number of hydrogen-bond acceptors (Lipinski definition) is 0. The molecule has 1 rings (SSSR count). The molecule has 1 aromatic rings. The Balaban J connectivity index is 2.86. The maximum absolute atomic E-state index is 13.2. The van der Waals surface area contributed by atoms with Crippen molar-refractivity contribution in [1.29, 1.82) is 0 Å². The molecule has 0 atom stereocenters. The van der Waals surface area contributed by atoms with Crippen LogP contribution in [-0.4, -0.2) is 6.54 Å². The molecule has 0 fully saturated rings. The molecule has 0 spiro atoms. The van der Waals surface area contributed by atoms with E-state index in [1.54, 1.807) is 18.2 Å². The quantitative estimate of drug-likeness (QED) is 0.685. The summed E-state index contributed by atoms with van der Waals surface area (Å²) in [6, 6.07) is 5.12. The molecule has 0 bridgehead atoms. The summed E-state index contributed by atoms with van der Waals surface area (Å²) < 4.78 is 13.6. The molecular formula is C9H7BrFN. The standard InChI is InChI=1S/C9H7BrFN/c1-12-6-5-7-3-2-4-8(10)9(7)11/h2-4H,5-6H2. The minimum atomic E-state index is -0.249. The van der Waals surface area contributed by atoms with Gasteiger partial charge in [-0.15, -0.1) is 0 Å². The average Bonchev–Trinajstić information content (AvgIpc) is 2.08. The molecule has 1 nitrogen and oxygen atoms in total. The second kappa shape index (κ2) is 4.22. The van der Waals surface area contributed by atoms with Gasteiger partial charge in [0, 0.05) is 6.42 Å². The Bertz CT molecular complexity index is 317. The Morgan fingerprint density at radius 2 is 2.25 bits per heavy atom. The van der Waals surface area contributed by atoms with E-state index in [1.165, 1.54) is 0 Å². The Hall–Kier alpha value is -0.880. The van der Waals surface area contributed by atoms with Gasteiger partial charge in [-0.3, -0.25) is 0 Å². The van der Waals surface area contributed by atoms with Crippen molar-refractivity contribution in [3.8, 4) is 0 Å². The van der Waals surface area contributed by atoms with Crippen LogP contribution in [0.4, 0.5) is 4.39 Å². The lowest BCUT2D eigenvalue weighted by Crippen LogP contribution is -1.92. The zero-order valence-electron chi connectivity index (χ0n) is 6.35. The maximum Gasteiger partial charge on any atom is 0.218 e. The molecule has 0 unspecified atom stereocenters. The SMILES string of the molecule is [C-]#[N+]CCc1cccc(Br)c1F. The fourth-order valence-electron chi connectivity index (χ4n) is 0.918. The van der Waals surface area contributed by atoms with Gasteiger partial charge in [0.25, 0.3) is 0 Å². The molecule has 3 heteroatoms. The van der Waals surface area contributed by atoms with Crippen molar-refractivity contribution < 1.29 is 4.39 Å². The van der Waals surface area contributed by atoms with Gasteiger partial charge in [0.15, 0.2) is 0 Å². The van der Waals surface area contributed by atoms with Crippen LogP contribution in [0.5, 0.6) is 0 Å². The van der Waals surface area contributed by atoms with E-state index in [0.29, 0.717) is 23.0 Å². The van der Waals surface area contributed by atoms with E-state index >= 15 is 0 Å². The Labute approximate surface area is 79.2 Å². The fourth-order valence-corrected chi connectivity index (χ4v) is 1.33. The first kappa shape index (κ1) is 9.21. The normalized spacial score (nSPS) is 9.42. The molecule has 0 saturated heterocycles. The van der Waals surface area contributed by atoms with Gasteiger partial charge in [0.1, 0.15) is 5.82 Å². The zero-order valence-corrected chi connectivity index (χ0v) is 7.94. The third-order valence-corrected chi connectivity index (χ3v) is 2.14. The number of hydrogen-bond donors (Lipinski definition) is 0. The smallest absolute Gasteiger partial charge is 0.218 e. The molecule has 0 saturated carbocycles. The van der Waals surface area contributed by atoms with Crippen molar-refractivity contribution in [2.24, 2.45) is 0 Å². The monoisotopic (exact) mass is 227 g/mol. The van der Waals surface area contributed by atoms with Crippen LogP contribution in [0.25, 0.3) is 4.85 Å². The van der Waals surface area contributed by atoms with E-state index in [9.17, 15) is 4.39 Å². The molecule has 62 valence electrons. The third kappa shape index (κ3) is 2.05. The summed E-state index contributed by atoms with van der Waals surface area (Å²) in [5.41, 5.74) is 0.598. The second-order valence-electron chi connectivity index (χ2n) is 2.34. The van der Waals surface area contributed by atoms with E-state index in [1.807, 2.05) is 0 Å². The van der Waals surface area contributed by atoms with Gasteiger partial charge < -0.3 is 4.85 Å². The van der Waals surface area contributed by atoms with Crippen molar-refractivity contribution in [2.45, 2.75) is 6.42 Å². The van der Waals surface area contributed by atoms with Gasteiger partial charge in [-0.05, 0) is 27.6 Å². The van der Waals surface area contributed by atoms with Crippen molar-refractivity contribution in [2.75, 3.05) is 6.54 Å².